The molecule has 0 saturated carbocycles. The molecule has 2 aromatic rings. The zero-order valence-corrected chi connectivity index (χ0v) is 11.2. The van der Waals surface area contributed by atoms with Gasteiger partial charge in [0.2, 0.25) is 0 Å². The number of halogens is 3. The van der Waals surface area contributed by atoms with Gasteiger partial charge in [0.25, 0.3) is 5.91 Å². The van der Waals surface area contributed by atoms with Crippen molar-refractivity contribution in [2.45, 2.75) is 6.92 Å². The largest absolute Gasteiger partial charge is 0.381 e. The summed E-state index contributed by atoms with van der Waals surface area (Å²) in [6.45, 7) is 2.03. The molecular weight excluding hydrogens is 281 g/mol. The van der Waals surface area contributed by atoms with Crippen molar-refractivity contribution in [1.82, 2.24) is 0 Å². The fourth-order valence-corrected chi connectivity index (χ4v) is 1.81. The topological polar surface area (TPSA) is 41.1 Å². The van der Waals surface area contributed by atoms with Crippen LogP contribution in [0.4, 0.5) is 24.5 Å². The van der Waals surface area contributed by atoms with Gasteiger partial charge in [-0.25, -0.2) is 13.2 Å². The van der Waals surface area contributed by atoms with E-state index in [4.69, 9.17) is 0 Å². The fraction of sp³-hybridized carbons (Fsp3) is 0.133. The number of hydrogen-bond donors (Lipinski definition) is 2. The third-order valence-electron chi connectivity index (χ3n) is 2.78. The average Bonchev–Trinajstić information content (AvgIpc) is 2.45. The van der Waals surface area contributed by atoms with Crippen molar-refractivity contribution in [3.05, 3.63) is 59.4 Å². The van der Waals surface area contributed by atoms with Crippen molar-refractivity contribution < 1.29 is 18.0 Å². The molecule has 2 rings (SSSR count). The molecule has 6 heteroatoms. The maximum absolute atomic E-state index is 13.7. The Kier molecular flexibility index (Phi) is 4.47. The molecule has 0 aromatic heterocycles. The van der Waals surface area contributed by atoms with Gasteiger partial charge in [-0.2, -0.15) is 0 Å². The van der Waals surface area contributed by atoms with Crippen LogP contribution >= 0.6 is 0 Å². The number of nitrogens with one attached hydrogen (secondary N) is 2. The summed E-state index contributed by atoms with van der Waals surface area (Å²) in [6.07, 6.45) is 0. The highest BCUT2D eigenvalue weighted by molar-refractivity contribution is 6.04. The summed E-state index contributed by atoms with van der Waals surface area (Å²) in [5, 5.41) is 4.79. The van der Waals surface area contributed by atoms with Crippen molar-refractivity contribution in [2.75, 3.05) is 17.2 Å². The van der Waals surface area contributed by atoms with Crippen LogP contribution in [0.3, 0.4) is 0 Å². The van der Waals surface area contributed by atoms with Gasteiger partial charge in [0.1, 0.15) is 23.1 Å². The predicted molar refractivity (Wildman–Crippen MR) is 74.9 cm³/mol. The summed E-state index contributed by atoms with van der Waals surface area (Å²) in [5.74, 6) is -3.18. The Balaban J connectivity index is 2.26. The summed E-state index contributed by atoms with van der Waals surface area (Å²) in [6, 6.07) is 7.33. The van der Waals surface area contributed by atoms with E-state index < -0.39 is 23.4 Å². The first-order chi connectivity index (χ1) is 10.0. The van der Waals surface area contributed by atoms with E-state index in [2.05, 4.69) is 10.6 Å². The molecule has 3 nitrogen and oxygen atoms in total. The van der Waals surface area contributed by atoms with Crippen LogP contribution < -0.4 is 10.6 Å². The number of rotatable bonds is 4. The van der Waals surface area contributed by atoms with Gasteiger partial charge in [-0.05, 0) is 31.2 Å². The summed E-state index contributed by atoms with van der Waals surface area (Å²) in [4.78, 5) is 11.9. The van der Waals surface area contributed by atoms with E-state index in [0.29, 0.717) is 6.54 Å². The van der Waals surface area contributed by atoms with Gasteiger partial charge in [0.05, 0.1) is 5.69 Å². The Morgan fingerprint density at radius 3 is 2.24 bits per heavy atom. The van der Waals surface area contributed by atoms with E-state index in [9.17, 15) is 18.0 Å². The second-order valence-corrected chi connectivity index (χ2v) is 4.28. The molecule has 0 spiro atoms. The molecule has 2 N–H and O–H groups in total. The van der Waals surface area contributed by atoms with Gasteiger partial charge < -0.3 is 10.6 Å². The second-order valence-electron chi connectivity index (χ2n) is 4.28. The van der Waals surface area contributed by atoms with Gasteiger partial charge in [0, 0.05) is 12.1 Å². The monoisotopic (exact) mass is 294 g/mol. The average molecular weight is 294 g/mol. The number of amides is 1. The maximum Gasteiger partial charge on any atom is 0.255 e. The van der Waals surface area contributed by atoms with E-state index in [1.807, 2.05) is 0 Å². The van der Waals surface area contributed by atoms with Crippen LogP contribution in [0.5, 0.6) is 0 Å². The highest BCUT2D eigenvalue weighted by Crippen LogP contribution is 2.22. The highest BCUT2D eigenvalue weighted by Gasteiger charge is 2.15. The lowest BCUT2D eigenvalue weighted by Crippen LogP contribution is -2.14. The van der Waals surface area contributed by atoms with Crippen LogP contribution in [0.25, 0.3) is 0 Å². The molecule has 0 atom stereocenters. The molecule has 0 bridgehead atoms. The Morgan fingerprint density at radius 1 is 1.05 bits per heavy atom. The molecule has 21 heavy (non-hydrogen) atoms. The number of para-hydroxylation sites is 1. The molecule has 0 aliphatic rings. The van der Waals surface area contributed by atoms with Crippen molar-refractivity contribution in [2.24, 2.45) is 0 Å². The van der Waals surface area contributed by atoms with E-state index in [-0.39, 0.29) is 16.9 Å². The number of carbonyl (C=O) groups is 1. The Morgan fingerprint density at radius 2 is 1.67 bits per heavy atom. The van der Waals surface area contributed by atoms with Crippen molar-refractivity contribution >= 4 is 17.3 Å². The predicted octanol–water partition coefficient (Wildman–Crippen LogP) is 3.79. The van der Waals surface area contributed by atoms with Gasteiger partial charge in [-0.1, -0.05) is 12.1 Å². The minimum Gasteiger partial charge on any atom is -0.381 e. The molecule has 0 radical (unpaired) electrons. The first-order valence-corrected chi connectivity index (χ1v) is 6.31. The van der Waals surface area contributed by atoms with Crippen LogP contribution in [-0.4, -0.2) is 12.5 Å². The molecular formula is C15H13F3N2O. The molecule has 0 aliphatic heterocycles. The Bertz CT molecular complexity index is 651. The van der Waals surface area contributed by atoms with Crippen LogP contribution in [0.2, 0.25) is 0 Å². The van der Waals surface area contributed by atoms with Crippen LogP contribution in [0, 0.1) is 17.5 Å². The number of hydrogen-bond acceptors (Lipinski definition) is 2. The first kappa shape index (κ1) is 14.9. The minimum atomic E-state index is -0.879. The normalized spacial score (nSPS) is 10.3. The minimum absolute atomic E-state index is 0.0564. The third kappa shape index (κ3) is 3.34. The summed E-state index contributed by atoms with van der Waals surface area (Å²) >= 11 is 0. The molecule has 110 valence electrons. The maximum atomic E-state index is 13.7. The van der Waals surface area contributed by atoms with Gasteiger partial charge in [0.15, 0.2) is 0 Å². The molecule has 0 aliphatic carbocycles. The number of carbonyl (C=O) groups excluding carboxylic acids is 1. The van der Waals surface area contributed by atoms with E-state index in [1.54, 1.807) is 6.92 Å². The Hall–Kier alpha value is -2.50. The molecule has 1 amide bonds. The van der Waals surface area contributed by atoms with Gasteiger partial charge >= 0.3 is 0 Å². The Labute approximate surface area is 119 Å². The summed E-state index contributed by atoms with van der Waals surface area (Å²) < 4.78 is 40.9. The second kappa shape index (κ2) is 6.30. The van der Waals surface area contributed by atoms with E-state index in [0.717, 1.165) is 12.1 Å². The lowest BCUT2D eigenvalue weighted by molar-refractivity contribution is 0.102. The number of anilines is 2. The van der Waals surface area contributed by atoms with Crippen molar-refractivity contribution in [1.29, 1.82) is 0 Å². The third-order valence-corrected chi connectivity index (χ3v) is 2.78. The standard InChI is InChI=1S/C15H13F3N2O/c1-2-19-14-11(17)7-9(8-12(14)18)15(21)20-13-6-4-3-5-10(13)16/h3-8,19H,2H2,1H3,(H,20,21). The zero-order valence-electron chi connectivity index (χ0n) is 11.2. The highest BCUT2D eigenvalue weighted by atomic mass is 19.1. The lowest BCUT2D eigenvalue weighted by atomic mass is 10.1. The molecule has 0 fully saturated rings. The smallest absolute Gasteiger partial charge is 0.255 e. The van der Waals surface area contributed by atoms with Crippen LogP contribution in [-0.2, 0) is 0 Å². The zero-order chi connectivity index (χ0) is 15.4. The van der Waals surface area contributed by atoms with Crippen LogP contribution in [0.1, 0.15) is 17.3 Å². The SMILES string of the molecule is CCNc1c(F)cc(C(=O)Nc2ccccc2F)cc1F. The number of benzene rings is 2. The lowest BCUT2D eigenvalue weighted by Gasteiger charge is -2.10. The van der Waals surface area contributed by atoms with Gasteiger partial charge in [-0.15, -0.1) is 0 Å². The molecule has 0 unspecified atom stereocenters. The van der Waals surface area contributed by atoms with E-state index >= 15 is 0 Å². The van der Waals surface area contributed by atoms with Crippen molar-refractivity contribution in [3.63, 3.8) is 0 Å². The van der Waals surface area contributed by atoms with E-state index in [1.165, 1.54) is 24.3 Å². The first-order valence-electron chi connectivity index (χ1n) is 6.31. The quantitative estimate of drug-likeness (QED) is 0.900. The fourth-order valence-electron chi connectivity index (χ4n) is 1.81. The molecule has 0 heterocycles. The summed E-state index contributed by atoms with van der Waals surface area (Å²) in [7, 11) is 0. The molecule has 0 saturated heterocycles. The summed E-state index contributed by atoms with van der Waals surface area (Å²) in [5.41, 5.74) is -0.575. The van der Waals surface area contributed by atoms with Crippen LogP contribution in [0.15, 0.2) is 36.4 Å². The van der Waals surface area contributed by atoms with Gasteiger partial charge in [-0.3, -0.25) is 4.79 Å². The van der Waals surface area contributed by atoms with Crippen molar-refractivity contribution in [3.8, 4) is 0 Å². The molecule has 2 aromatic carbocycles.